The van der Waals surface area contributed by atoms with E-state index in [2.05, 4.69) is 26.0 Å². The van der Waals surface area contributed by atoms with Crippen LogP contribution in [0.4, 0.5) is 5.69 Å². The van der Waals surface area contributed by atoms with Crippen LogP contribution in [0, 0.1) is 6.92 Å². The Kier molecular flexibility index (Phi) is 2.00. The highest BCUT2D eigenvalue weighted by Crippen LogP contribution is 2.30. The van der Waals surface area contributed by atoms with Crippen molar-refractivity contribution in [2.45, 2.75) is 20.3 Å². The molecule has 0 bridgehead atoms. The summed E-state index contributed by atoms with van der Waals surface area (Å²) < 4.78 is 1.31. The fraction of sp³-hybridized carbons (Fsp3) is 0.273. The van der Waals surface area contributed by atoms with Crippen molar-refractivity contribution in [3.8, 4) is 0 Å². The van der Waals surface area contributed by atoms with Crippen LogP contribution in [0.2, 0.25) is 0 Å². The van der Waals surface area contributed by atoms with Gasteiger partial charge in [0.2, 0.25) is 0 Å². The molecule has 0 saturated heterocycles. The third-order valence-electron chi connectivity index (χ3n) is 2.27. The molecular formula is C11H13NS. The van der Waals surface area contributed by atoms with Crippen LogP contribution in [0.3, 0.4) is 0 Å². The molecule has 0 radical (unpaired) electrons. The third-order valence-corrected chi connectivity index (χ3v) is 3.49. The molecule has 0 aliphatic carbocycles. The molecule has 1 aromatic heterocycles. The molecule has 2 rings (SSSR count). The Balaban J connectivity index is 2.75. The fourth-order valence-corrected chi connectivity index (χ4v) is 2.70. The molecular weight excluding hydrogens is 178 g/mol. The van der Waals surface area contributed by atoms with Crippen molar-refractivity contribution in [1.82, 2.24) is 0 Å². The molecule has 2 N–H and O–H groups in total. The lowest BCUT2D eigenvalue weighted by Crippen LogP contribution is -1.84. The first-order chi connectivity index (χ1) is 6.20. The Labute approximate surface area is 82.2 Å². The number of anilines is 1. The third kappa shape index (κ3) is 1.42. The molecule has 0 fully saturated rings. The Morgan fingerprint density at radius 1 is 1.31 bits per heavy atom. The van der Waals surface area contributed by atoms with Crippen molar-refractivity contribution in [3.63, 3.8) is 0 Å². The Morgan fingerprint density at radius 2 is 2.08 bits per heavy atom. The number of hydrogen-bond donors (Lipinski definition) is 1. The lowest BCUT2D eigenvalue weighted by molar-refractivity contribution is 1.19. The van der Waals surface area contributed by atoms with E-state index in [0.717, 1.165) is 12.1 Å². The maximum atomic E-state index is 5.78. The summed E-state index contributed by atoms with van der Waals surface area (Å²) >= 11 is 1.85. The second-order valence-corrected chi connectivity index (χ2v) is 4.48. The van der Waals surface area contributed by atoms with E-state index in [-0.39, 0.29) is 0 Å². The van der Waals surface area contributed by atoms with Crippen molar-refractivity contribution < 1.29 is 0 Å². The van der Waals surface area contributed by atoms with Crippen LogP contribution < -0.4 is 5.73 Å². The highest BCUT2D eigenvalue weighted by atomic mass is 32.1. The first-order valence-corrected chi connectivity index (χ1v) is 5.31. The largest absolute Gasteiger partial charge is 0.399 e. The minimum absolute atomic E-state index is 0.870. The Morgan fingerprint density at radius 3 is 2.77 bits per heavy atom. The molecule has 68 valence electrons. The first kappa shape index (κ1) is 8.57. The second-order valence-electron chi connectivity index (χ2n) is 3.32. The molecule has 0 unspecified atom stereocenters. The molecule has 2 heteroatoms. The molecule has 0 aliphatic heterocycles. The van der Waals surface area contributed by atoms with E-state index < -0.39 is 0 Å². The summed E-state index contributed by atoms with van der Waals surface area (Å²) in [6, 6.07) is 6.37. The number of benzene rings is 1. The Bertz CT molecular complexity index is 443. The Hall–Kier alpha value is -1.02. The number of aryl methyl sites for hydroxylation is 2. The highest BCUT2D eigenvalue weighted by molar-refractivity contribution is 7.19. The lowest BCUT2D eigenvalue weighted by atomic mass is 10.1. The lowest BCUT2D eigenvalue weighted by Gasteiger charge is -1.97. The quantitative estimate of drug-likeness (QED) is 0.687. The molecule has 0 spiro atoms. The van der Waals surface area contributed by atoms with Gasteiger partial charge in [-0.2, -0.15) is 0 Å². The van der Waals surface area contributed by atoms with Gasteiger partial charge in [-0.3, -0.25) is 0 Å². The molecule has 0 aliphatic rings. The number of nitrogens with two attached hydrogens (primary N) is 1. The van der Waals surface area contributed by atoms with Crippen molar-refractivity contribution in [1.29, 1.82) is 0 Å². The van der Waals surface area contributed by atoms with Gasteiger partial charge in [-0.15, -0.1) is 11.3 Å². The second kappa shape index (κ2) is 3.04. The van der Waals surface area contributed by atoms with Crippen LogP contribution in [0.1, 0.15) is 17.4 Å². The zero-order valence-corrected chi connectivity index (χ0v) is 8.74. The first-order valence-electron chi connectivity index (χ1n) is 4.49. The van der Waals surface area contributed by atoms with Crippen molar-refractivity contribution in [2.24, 2.45) is 0 Å². The van der Waals surface area contributed by atoms with Gasteiger partial charge in [0, 0.05) is 15.3 Å². The zero-order chi connectivity index (χ0) is 9.42. The van der Waals surface area contributed by atoms with Gasteiger partial charge in [0.25, 0.3) is 0 Å². The molecule has 0 atom stereocenters. The molecule has 13 heavy (non-hydrogen) atoms. The van der Waals surface area contributed by atoms with Crippen LogP contribution in [-0.2, 0) is 6.42 Å². The predicted octanol–water partition coefficient (Wildman–Crippen LogP) is 3.35. The minimum Gasteiger partial charge on any atom is -0.399 e. The van der Waals surface area contributed by atoms with Gasteiger partial charge in [-0.1, -0.05) is 6.92 Å². The van der Waals surface area contributed by atoms with E-state index in [4.69, 9.17) is 5.73 Å². The van der Waals surface area contributed by atoms with Gasteiger partial charge in [0.05, 0.1) is 0 Å². The van der Waals surface area contributed by atoms with Crippen molar-refractivity contribution in [3.05, 3.63) is 28.6 Å². The summed E-state index contributed by atoms with van der Waals surface area (Å²) in [5, 5.41) is 1.36. The number of thiophene rings is 1. The van der Waals surface area contributed by atoms with Crippen molar-refractivity contribution in [2.75, 3.05) is 5.73 Å². The average molecular weight is 191 g/mol. The summed E-state index contributed by atoms with van der Waals surface area (Å²) in [6.07, 6.45) is 1.11. The normalized spacial score (nSPS) is 10.9. The topological polar surface area (TPSA) is 26.0 Å². The molecule has 1 heterocycles. The van der Waals surface area contributed by atoms with Crippen LogP contribution in [0.15, 0.2) is 18.2 Å². The van der Waals surface area contributed by atoms with E-state index >= 15 is 0 Å². The summed E-state index contributed by atoms with van der Waals surface area (Å²) in [5.74, 6) is 0. The smallest absolute Gasteiger partial charge is 0.0368 e. The summed E-state index contributed by atoms with van der Waals surface area (Å²) in [6.45, 7) is 4.30. The van der Waals surface area contributed by atoms with E-state index in [0.29, 0.717) is 0 Å². The van der Waals surface area contributed by atoms with Gasteiger partial charge in [0.15, 0.2) is 0 Å². The number of nitrogen functional groups attached to an aromatic ring is 1. The summed E-state index contributed by atoms with van der Waals surface area (Å²) in [7, 11) is 0. The zero-order valence-electron chi connectivity index (χ0n) is 7.92. The van der Waals surface area contributed by atoms with Crippen molar-refractivity contribution >= 4 is 27.1 Å². The number of hydrogen-bond acceptors (Lipinski definition) is 2. The SMILES string of the molecule is CCc1cc2c(C)cc(N)cc2s1. The standard InChI is InChI=1S/C11H13NS/c1-3-9-6-10-7(2)4-8(12)5-11(10)13-9/h4-6H,3,12H2,1-2H3. The molecule has 0 saturated carbocycles. The average Bonchev–Trinajstić information content (AvgIpc) is 2.47. The van der Waals surface area contributed by atoms with Gasteiger partial charge in [0.1, 0.15) is 0 Å². The predicted molar refractivity (Wildman–Crippen MR) is 60.4 cm³/mol. The summed E-state index contributed by atoms with van der Waals surface area (Å²) in [5.41, 5.74) is 7.94. The van der Waals surface area contributed by atoms with E-state index in [1.807, 2.05) is 17.4 Å². The van der Waals surface area contributed by atoms with Gasteiger partial charge in [-0.05, 0) is 42.5 Å². The fourth-order valence-electron chi connectivity index (χ4n) is 1.57. The van der Waals surface area contributed by atoms with Crippen LogP contribution in [0.25, 0.3) is 10.1 Å². The van der Waals surface area contributed by atoms with Gasteiger partial charge in [-0.25, -0.2) is 0 Å². The van der Waals surface area contributed by atoms with Gasteiger partial charge < -0.3 is 5.73 Å². The molecule has 1 aromatic carbocycles. The molecule has 2 aromatic rings. The minimum atomic E-state index is 0.870. The molecule has 1 nitrogen and oxygen atoms in total. The van der Waals surface area contributed by atoms with Crippen LogP contribution in [-0.4, -0.2) is 0 Å². The monoisotopic (exact) mass is 191 g/mol. The van der Waals surface area contributed by atoms with Crippen LogP contribution >= 0.6 is 11.3 Å². The summed E-state index contributed by atoms with van der Waals surface area (Å²) in [4.78, 5) is 1.43. The van der Waals surface area contributed by atoms with E-state index in [1.165, 1.54) is 20.5 Å². The maximum Gasteiger partial charge on any atom is 0.0368 e. The highest BCUT2D eigenvalue weighted by Gasteiger charge is 2.03. The maximum absolute atomic E-state index is 5.78. The van der Waals surface area contributed by atoms with E-state index in [1.54, 1.807) is 0 Å². The van der Waals surface area contributed by atoms with E-state index in [9.17, 15) is 0 Å². The number of rotatable bonds is 1. The molecule has 0 amide bonds. The number of fused-ring (bicyclic) bond motifs is 1. The van der Waals surface area contributed by atoms with Crippen LogP contribution in [0.5, 0.6) is 0 Å². The van der Waals surface area contributed by atoms with Gasteiger partial charge >= 0.3 is 0 Å².